The molecule has 108 valence electrons. The van der Waals surface area contributed by atoms with E-state index in [-0.39, 0.29) is 6.04 Å². The van der Waals surface area contributed by atoms with Crippen LogP contribution in [-0.4, -0.2) is 5.71 Å². The van der Waals surface area contributed by atoms with Crippen molar-refractivity contribution in [1.29, 1.82) is 0 Å². The lowest BCUT2D eigenvalue weighted by Crippen LogP contribution is -2.14. The van der Waals surface area contributed by atoms with Gasteiger partial charge in [-0.2, -0.15) is 0 Å². The second-order valence-corrected chi connectivity index (χ2v) is 6.20. The lowest BCUT2D eigenvalue weighted by Gasteiger charge is -2.23. The summed E-state index contributed by atoms with van der Waals surface area (Å²) >= 11 is 0. The largest absolute Gasteiger partial charge is 0.281 e. The van der Waals surface area contributed by atoms with Gasteiger partial charge in [0, 0.05) is 5.71 Å². The Hall–Kier alpha value is -2.41. The molecule has 1 aliphatic heterocycles. The van der Waals surface area contributed by atoms with E-state index in [2.05, 4.69) is 74.5 Å². The van der Waals surface area contributed by atoms with E-state index in [0.717, 1.165) is 12.1 Å². The van der Waals surface area contributed by atoms with Crippen molar-refractivity contribution in [3.63, 3.8) is 0 Å². The molecule has 0 N–H and O–H groups in total. The number of aliphatic imine (C=N–C) groups is 1. The van der Waals surface area contributed by atoms with E-state index < -0.39 is 0 Å². The summed E-state index contributed by atoms with van der Waals surface area (Å²) in [7, 11) is 0. The molecule has 0 fully saturated rings. The Morgan fingerprint density at radius 2 is 1.68 bits per heavy atom. The number of fused-ring (bicyclic) bond motifs is 2. The Kier molecular flexibility index (Phi) is 3.07. The fourth-order valence-corrected chi connectivity index (χ4v) is 3.41. The van der Waals surface area contributed by atoms with Crippen LogP contribution in [-0.2, 0) is 6.42 Å². The van der Waals surface area contributed by atoms with Crippen molar-refractivity contribution in [2.75, 3.05) is 0 Å². The first-order valence-corrected chi connectivity index (χ1v) is 7.84. The normalized spacial score (nSPS) is 17.2. The van der Waals surface area contributed by atoms with Gasteiger partial charge in [0.15, 0.2) is 0 Å². The highest BCUT2D eigenvalue weighted by Crippen LogP contribution is 2.31. The maximum Gasteiger partial charge on any atom is 0.0793 e. The molecule has 0 spiro atoms. The zero-order valence-electron chi connectivity index (χ0n) is 13.0. The second kappa shape index (κ2) is 5.10. The van der Waals surface area contributed by atoms with Crippen LogP contribution >= 0.6 is 0 Å². The minimum absolute atomic E-state index is 0.235. The highest BCUT2D eigenvalue weighted by molar-refractivity contribution is 6.01. The van der Waals surface area contributed by atoms with E-state index in [1.54, 1.807) is 0 Å². The van der Waals surface area contributed by atoms with Crippen LogP contribution in [0.3, 0.4) is 0 Å². The summed E-state index contributed by atoms with van der Waals surface area (Å²) in [5.41, 5.74) is 6.52. The molecule has 0 amide bonds. The van der Waals surface area contributed by atoms with Crippen molar-refractivity contribution < 1.29 is 0 Å². The Balaban J connectivity index is 1.78. The summed E-state index contributed by atoms with van der Waals surface area (Å²) < 4.78 is 0. The van der Waals surface area contributed by atoms with Gasteiger partial charge in [0.2, 0.25) is 0 Å². The average molecular weight is 285 g/mol. The predicted octanol–water partition coefficient (Wildman–Crippen LogP) is 5.25. The zero-order valence-corrected chi connectivity index (χ0v) is 13.0. The first-order valence-electron chi connectivity index (χ1n) is 7.84. The fourth-order valence-electron chi connectivity index (χ4n) is 3.41. The smallest absolute Gasteiger partial charge is 0.0793 e. The third-order valence-electron chi connectivity index (χ3n) is 4.57. The van der Waals surface area contributed by atoms with E-state index in [1.165, 1.54) is 33.0 Å². The number of nitrogens with zero attached hydrogens (tertiary/aromatic N) is 1. The Labute approximate surface area is 131 Å². The molecule has 1 aliphatic rings. The van der Waals surface area contributed by atoms with E-state index >= 15 is 0 Å². The van der Waals surface area contributed by atoms with Crippen molar-refractivity contribution in [1.82, 2.24) is 0 Å². The number of aryl methyl sites for hydroxylation is 1. The summed E-state index contributed by atoms with van der Waals surface area (Å²) in [6.07, 6.45) is 0.993. The third-order valence-corrected chi connectivity index (χ3v) is 4.57. The summed E-state index contributed by atoms with van der Waals surface area (Å²) in [4.78, 5) is 4.95. The molecule has 0 bridgehead atoms. The van der Waals surface area contributed by atoms with E-state index in [4.69, 9.17) is 4.99 Å². The van der Waals surface area contributed by atoms with Crippen molar-refractivity contribution >= 4 is 16.5 Å². The van der Waals surface area contributed by atoms with Gasteiger partial charge in [-0.1, -0.05) is 60.2 Å². The van der Waals surface area contributed by atoms with Crippen LogP contribution in [0.1, 0.15) is 35.2 Å². The molecule has 0 unspecified atom stereocenters. The van der Waals surface area contributed by atoms with E-state index in [1.807, 2.05) is 0 Å². The average Bonchev–Trinajstić information content (AvgIpc) is 2.54. The van der Waals surface area contributed by atoms with Gasteiger partial charge in [-0.3, -0.25) is 4.99 Å². The van der Waals surface area contributed by atoms with Crippen molar-refractivity contribution in [3.8, 4) is 0 Å². The standard InChI is InChI=1S/C21H19N/c1-14-7-10-20-15(2)22-21(13-19(20)11-14)18-9-8-16-5-3-4-6-17(16)12-18/h3-12,21H,13H2,1-2H3/t21-/m1/s1. The van der Waals surface area contributed by atoms with Gasteiger partial charge >= 0.3 is 0 Å². The molecule has 1 atom stereocenters. The molecule has 4 rings (SSSR count). The topological polar surface area (TPSA) is 12.4 Å². The molecule has 1 nitrogen and oxygen atoms in total. The second-order valence-electron chi connectivity index (χ2n) is 6.20. The first-order chi connectivity index (χ1) is 10.7. The van der Waals surface area contributed by atoms with Crippen LogP contribution < -0.4 is 0 Å². The number of rotatable bonds is 1. The molecular formula is C21H19N. The minimum atomic E-state index is 0.235. The van der Waals surface area contributed by atoms with Crippen molar-refractivity contribution in [2.45, 2.75) is 26.3 Å². The van der Waals surface area contributed by atoms with Crippen molar-refractivity contribution in [2.24, 2.45) is 4.99 Å². The van der Waals surface area contributed by atoms with Crippen LogP contribution in [0.25, 0.3) is 10.8 Å². The van der Waals surface area contributed by atoms with Gasteiger partial charge in [-0.05, 0) is 53.8 Å². The summed E-state index contributed by atoms with van der Waals surface area (Å²) in [5.74, 6) is 0. The van der Waals surface area contributed by atoms with Crippen LogP contribution in [0.4, 0.5) is 0 Å². The zero-order chi connectivity index (χ0) is 15.1. The van der Waals surface area contributed by atoms with Crippen molar-refractivity contribution in [3.05, 3.63) is 82.9 Å². The lowest BCUT2D eigenvalue weighted by atomic mass is 9.89. The highest BCUT2D eigenvalue weighted by Gasteiger charge is 2.20. The number of hydrogen-bond donors (Lipinski definition) is 0. The quantitative estimate of drug-likeness (QED) is 0.578. The maximum absolute atomic E-state index is 4.95. The van der Waals surface area contributed by atoms with Gasteiger partial charge in [0.25, 0.3) is 0 Å². The molecule has 3 aromatic rings. The van der Waals surface area contributed by atoms with Gasteiger partial charge in [0.05, 0.1) is 6.04 Å². The molecule has 0 aromatic heterocycles. The van der Waals surface area contributed by atoms with E-state index in [0.29, 0.717) is 0 Å². The fraction of sp³-hybridized carbons (Fsp3) is 0.190. The van der Waals surface area contributed by atoms with Crippen LogP contribution in [0.15, 0.2) is 65.7 Å². The Morgan fingerprint density at radius 1 is 0.864 bits per heavy atom. The molecule has 1 heterocycles. The maximum atomic E-state index is 4.95. The number of benzene rings is 3. The molecule has 3 aromatic carbocycles. The van der Waals surface area contributed by atoms with Crippen LogP contribution in [0.5, 0.6) is 0 Å². The molecule has 0 saturated carbocycles. The highest BCUT2D eigenvalue weighted by atomic mass is 14.8. The first kappa shape index (κ1) is 13.3. The molecule has 0 saturated heterocycles. The Bertz CT molecular complexity index is 889. The van der Waals surface area contributed by atoms with Gasteiger partial charge < -0.3 is 0 Å². The molecule has 1 heteroatoms. The summed E-state index contributed by atoms with van der Waals surface area (Å²) in [6, 6.07) is 22.2. The number of hydrogen-bond acceptors (Lipinski definition) is 1. The molecule has 0 aliphatic carbocycles. The van der Waals surface area contributed by atoms with Crippen LogP contribution in [0, 0.1) is 6.92 Å². The lowest BCUT2D eigenvalue weighted by molar-refractivity contribution is 0.711. The SMILES string of the molecule is CC1=N[C@@H](c2ccc3ccccc3c2)Cc2cc(C)ccc21. The van der Waals surface area contributed by atoms with Gasteiger partial charge in [-0.15, -0.1) is 0 Å². The Morgan fingerprint density at radius 3 is 2.55 bits per heavy atom. The third kappa shape index (κ3) is 2.23. The van der Waals surface area contributed by atoms with Gasteiger partial charge in [-0.25, -0.2) is 0 Å². The van der Waals surface area contributed by atoms with E-state index in [9.17, 15) is 0 Å². The molecular weight excluding hydrogens is 266 g/mol. The predicted molar refractivity (Wildman–Crippen MR) is 93.8 cm³/mol. The summed E-state index contributed by atoms with van der Waals surface area (Å²) in [6.45, 7) is 4.29. The summed E-state index contributed by atoms with van der Waals surface area (Å²) in [5, 5.41) is 2.59. The molecule has 0 radical (unpaired) electrons. The minimum Gasteiger partial charge on any atom is -0.281 e. The molecule has 22 heavy (non-hydrogen) atoms. The monoisotopic (exact) mass is 285 g/mol. The van der Waals surface area contributed by atoms with Crippen LogP contribution in [0.2, 0.25) is 0 Å². The van der Waals surface area contributed by atoms with Gasteiger partial charge in [0.1, 0.15) is 0 Å².